The lowest BCUT2D eigenvalue weighted by molar-refractivity contribution is 0.0921. The predicted octanol–water partition coefficient (Wildman–Crippen LogP) is 3.12. The number of halogens is 2. The first-order valence-corrected chi connectivity index (χ1v) is 8.84. The Morgan fingerprint density at radius 1 is 1.31 bits per heavy atom. The molecule has 0 radical (unpaired) electrons. The van der Waals surface area contributed by atoms with Crippen molar-refractivity contribution in [2.24, 2.45) is 5.41 Å². The van der Waals surface area contributed by atoms with E-state index in [1.165, 1.54) is 12.1 Å². The van der Waals surface area contributed by atoms with Gasteiger partial charge < -0.3 is 10.6 Å². The molecule has 1 amide bonds. The maximum Gasteiger partial charge on any atom is 0.254 e. The van der Waals surface area contributed by atoms with E-state index in [9.17, 15) is 9.18 Å². The van der Waals surface area contributed by atoms with E-state index in [0.29, 0.717) is 18.5 Å². The fourth-order valence-electron chi connectivity index (χ4n) is 3.30. The zero-order valence-corrected chi connectivity index (χ0v) is 16.0. The number of hydrogen-bond acceptors (Lipinski definition) is 3. The second kappa shape index (κ2) is 8.64. The van der Waals surface area contributed by atoms with E-state index in [0.717, 1.165) is 37.3 Å². The molecule has 2 aromatic rings. The zero-order valence-electron chi connectivity index (χ0n) is 15.2. The molecule has 0 bridgehead atoms. The van der Waals surface area contributed by atoms with Gasteiger partial charge in [-0.25, -0.2) is 9.07 Å². The standard InChI is InChI=1S/C19H25FN4O.ClH/c1-3-17-16(12-23-24(17)15-6-4-14(20)5-7-15)18(25)22-13-19(2)8-10-21-11-9-19;/h4-7,12,21H,3,8-11,13H2,1-2H3,(H,22,25);1H. The molecular weight excluding hydrogens is 355 g/mol. The molecule has 0 aliphatic carbocycles. The van der Waals surface area contributed by atoms with Crippen molar-refractivity contribution >= 4 is 18.3 Å². The van der Waals surface area contributed by atoms with Crippen molar-refractivity contribution in [1.29, 1.82) is 0 Å². The van der Waals surface area contributed by atoms with Crippen molar-refractivity contribution in [2.75, 3.05) is 19.6 Å². The van der Waals surface area contributed by atoms with E-state index in [4.69, 9.17) is 0 Å². The number of aromatic nitrogens is 2. The van der Waals surface area contributed by atoms with E-state index in [-0.39, 0.29) is 29.5 Å². The van der Waals surface area contributed by atoms with Crippen molar-refractivity contribution in [3.8, 4) is 5.69 Å². The molecule has 0 spiro atoms. The summed E-state index contributed by atoms with van der Waals surface area (Å²) in [6.45, 7) is 6.86. The summed E-state index contributed by atoms with van der Waals surface area (Å²) in [7, 11) is 0. The predicted molar refractivity (Wildman–Crippen MR) is 103 cm³/mol. The molecule has 0 unspecified atom stereocenters. The Bertz CT molecular complexity index is 738. The third-order valence-electron chi connectivity index (χ3n) is 5.01. The lowest BCUT2D eigenvalue weighted by Crippen LogP contribution is -2.43. The number of piperidine rings is 1. The molecule has 1 aromatic heterocycles. The maximum atomic E-state index is 13.1. The van der Waals surface area contributed by atoms with Gasteiger partial charge in [-0.1, -0.05) is 13.8 Å². The van der Waals surface area contributed by atoms with Crippen molar-refractivity contribution < 1.29 is 9.18 Å². The average Bonchev–Trinajstić information content (AvgIpc) is 3.05. The monoisotopic (exact) mass is 380 g/mol. The van der Waals surface area contributed by atoms with Crippen LogP contribution in [0.2, 0.25) is 0 Å². The van der Waals surface area contributed by atoms with Gasteiger partial charge in [-0.15, -0.1) is 12.4 Å². The lowest BCUT2D eigenvalue weighted by atomic mass is 9.81. The molecule has 7 heteroatoms. The molecule has 2 heterocycles. The van der Waals surface area contributed by atoms with Gasteiger partial charge in [-0.05, 0) is 62.0 Å². The van der Waals surface area contributed by atoms with Gasteiger partial charge >= 0.3 is 0 Å². The maximum absolute atomic E-state index is 13.1. The Morgan fingerprint density at radius 2 is 1.96 bits per heavy atom. The van der Waals surface area contributed by atoms with E-state index in [2.05, 4.69) is 22.7 Å². The van der Waals surface area contributed by atoms with Gasteiger partial charge in [-0.3, -0.25) is 4.79 Å². The molecule has 1 aliphatic heterocycles. The zero-order chi connectivity index (χ0) is 17.9. The molecule has 1 saturated heterocycles. The van der Waals surface area contributed by atoms with E-state index in [1.807, 2.05) is 6.92 Å². The molecular formula is C19H26ClFN4O. The van der Waals surface area contributed by atoms with Crippen LogP contribution in [0.3, 0.4) is 0 Å². The average molecular weight is 381 g/mol. The minimum atomic E-state index is -0.290. The number of hydrogen-bond donors (Lipinski definition) is 2. The fraction of sp³-hybridized carbons (Fsp3) is 0.474. The van der Waals surface area contributed by atoms with Crippen LogP contribution in [0, 0.1) is 11.2 Å². The first-order chi connectivity index (χ1) is 12.0. The van der Waals surface area contributed by atoms with Gasteiger partial charge in [0.15, 0.2) is 0 Å². The first-order valence-electron chi connectivity index (χ1n) is 8.84. The number of amides is 1. The van der Waals surface area contributed by atoms with Crippen LogP contribution in [0.15, 0.2) is 30.5 Å². The highest BCUT2D eigenvalue weighted by atomic mass is 35.5. The molecule has 1 fully saturated rings. The molecule has 5 nitrogen and oxygen atoms in total. The molecule has 2 N–H and O–H groups in total. The largest absolute Gasteiger partial charge is 0.351 e. The van der Waals surface area contributed by atoms with Crippen LogP contribution in [0.1, 0.15) is 42.7 Å². The Kier molecular flexibility index (Phi) is 6.78. The number of benzene rings is 1. The number of rotatable bonds is 5. The summed E-state index contributed by atoms with van der Waals surface area (Å²) in [5.41, 5.74) is 2.31. The van der Waals surface area contributed by atoms with Crippen LogP contribution in [-0.2, 0) is 6.42 Å². The van der Waals surface area contributed by atoms with Crippen molar-refractivity contribution in [3.05, 3.63) is 47.5 Å². The molecule has 0 saturated carbocycles. The second-order valence-electron chi connectivity index (χ2n) is 6.99. The normalized spacial score (nSPS) is 16.0. The molecule has 142 valence electrons. The molecule has 3 rings (SSSR count). The number of nitrogens with one attached hydrogen (secondary N) is 2. The second-order valence-corrected chi connectivity index (χ2v) is 6.99. The summed E-state index contributed by atoms with van der Waals surface area (Å²) < 4.78 is 14.8. The van der Waals surface area contributed by atoms with Gasteiger partial charge in [-0.2, -0.15) is 5.10 Å². The number of carbonyl (C=O) groups excluding carboxylic acids is 1. The van der Waals surface area contributed by atoms with E-state index >= 15 is 0 Å². The summed E-state index contributed by atoms with van der Waals surface area (Å²) in [4.78, 5) is 12.7. The van der Waals surface area contributed by atoms with Gasteiger partial charge in [0, 0.05) is 6.54 Å². The summed E-state index contributed by atoms with van der Waals surface area (Å²) in [6.07, 6.45) is 4.38. The van der Waals surface area contributed by atoms with Gasteiger partial charge in [0.2, 0.25) is 0 Å². The fourth-order valence-corrected chi connectivity index (χ4v) is 3.30. The van der Waals surface area contributed by atoms with Crippen molar-refractivity contribution in [2.45, 2.75) is 33.1 Å². The third-order valence-corrected chi connectivity index (χ3v) is 5.01. The minimum Gasteiger partial charge on any atom is -0.351 e. The van der Waals surface area contributed by atoms with Crippen molar-refractivity contribution in [1.82, 2.24) is 20.4 Å². The van der Waals surface area contributed by atoms with Crippen LogP contribution in [-0.4, -0.2) is 35.3 Å². The SMILES string of the molecule is CCc1c(C(=O)NCC2(C)CCNCC2)cnn1-c1ccc(F)cc1.Cl. The first kappa shape index (κ1) is 20.4. The highest BCUT2D eigenvalue weighted by Crippen LogP contribution is 2.27. The van der Waals surface area contributed by atoms with E-state index < -0.39 is 0 Å². The Hall–Kier alpha value is -1.92. The molecule has 26 heavy (non-hydrogen) atoms. The summed E-state index contributed by atoms with van der Waals surface area (Å²) in [5.74, 6) is -0.382. The highest BCUT2D eigenvalue weighted by Gasteiger charge is 2.28. The van der Waals surface area contributed by atoms with Crippen LogP contribution in [0.5, 0.6) is 0 Å². The number of nitrogens with zero attached hydrogens (tertiary/aromatic N) is 2. The number of carbonyl (C=O) groups is 1. The van der Waals surface area contributed by atoms with Gasteiger partial charge in [0.1, 0.15) is 5.82 Å². The summed E-state index contributed by atoms with van der Waals surface area (Å²) >= 11 is 0. The lowest BCUT2D eigenvalue weighted by Gasteiger charge is -2.34. The Labute approximate surface area is 159 Å². The van der Waals surface area contributed by atoms with Crippen LogP contribution in [0.4, 0.5) is 4.39 Å². The minimum absolute atomic E-state index is 0. The molecule has 1 aliphatic rings. The summed E-state index contributed by atoms with van der Waals surface area (Å²) in [6, 6.07) is 6.13. The highest BCUT2D eigenvalue weighted by molar-refractivity contribution is 5.95. The molecule has 1 aromatic carbocycles. The Morgan fingerprint density at radius 3 is 2.58 bits per heavy atom. The molecule has 0 atom stereocenters. The summed E-state index contributed by atoms with van der Waals surface area (Å²) in [5, 5.41) is 10.8. The smallest absolute Gasteiger partial charge is 0.254 e. The topological polar surface area (TPSA) is 59.0 Å². The van der Waals surface area contributed by atoms with Crippen LogP contribution >= 0.6 is 12.4 Å². The van der Waals surface area contributed by atoms with E-state index in [1.54, 1.807) is 23.0 Å². The third kappa shape index (κ3) is 4.43. The van der Waals surface area contributed by atoms with Gasteiger partial charge in [0.25, 0.3) is 5.91 Å². The quantitative estimate of drug-likeness (QED) is 0.837. The Balaban J connectivity index is 0.00000243. The van der Waals surface area contributed by atoms with Crippen molar-refractivity contribution in [3.63, 3.8) is 0 Å². The van der Waals surface area contributed by atoms with Crippen LogP contribution < -0.4 is 10.6 Å². The van der Waals surface area contributed by atoms with Crippen LogP contribution in [0.25, 0.3) is 5.69 Å². The van der Waals surface area contributed by atoms with Gasteiger partial charge in [0.05, 0.1) is 23.1 Å².